The van der Waals surface area contributed by atoms with Crippen LogP contribution in [0.25, 0.3) is 5.65 Å². The first-order chi connectivity index (χ1) is 9.63. The number of hydrogen-bond donors (Lipinski definition) is 2. The van der Waals surface area contributed by atoms with E-state index in [2.05, 4.69) is 53.1 Å². The van der Waals surface area contributed by atoms with E-state index in [1.54, 1.807) is 0 Å². The number of imidazole rings is 1. The lowest BCUT2D eigenvalue weighted by Crippen LogP contribution is -2.35. The highest BCUT2D eigenvalue weighted by atomic mass is 16.3. The summed E-state index contributed by atoms with van der Waals surface area (Å²) in [7, 11) is 0. The van der Waals surface area contributed by atoms with Crippen LogP contribution in [0, 0.1) is 0 Å². The average molecular weight is 273 g/mol. The van der Waals surface area contributed by atoms with E-state index in [9.17, 15) is 5.11 Å². The maximum atomic E-state index is 9.83. The molecule has 2 heterocycles. The molecule has 2 atom stereocenters. The highest BCUT2D eigenvalue weighted by Gasteiger charge is 2.24. The van der Waals surface area contributed by atoms with Gasteiger partial charge in [0.1, 0.15) is 5.65 Å². The summed E-state index contributed by atoms with van der Waals surface area (Å²) in [6.45, 7) is 5.12. The molecule has 2 unspecified atom stereocenters. The number of aliphatic hydroxyl groups excluding tert-OH is 1. The molecule has 0 radical (unpaired) electrons. The van der Waals surface area contributed by atoms with Gasteiger partial charge in [0.25, 0.3) is 0 Å². The normalized spacial score (nSPS) is 23.0. The van der Waals surface area contributed by atoms with Crippen LogP contribution in [-0.2, 0) is 6.54 Å². The third-order valence-electron chi connectivity index (χ3n) is 4.17. The fraction of sp³-hybridized carbons (Fsp3) is 0.562. The van der Waals surface area contributed by atoms with Crippen LogP contribution in [0.4, 0.5) is 0 Å². The van der Waals surface area contributed by atoms with Crippen LogP contribution in [0.2, 0.25) is 0 Å². The molecule has 2 N–H and O–H groups in total. The van der Waals surface area contributed by atoms with Gasteiger partial charge in [-0.3, -0.25) is 0 Å². The molecule has 4 heteroatoms. The highest BCUT2D eigenvalue weighted by molar-refractivity contribution is 5.41. The number of hydrogen-bond acceptors (Lipinski definition) is 3. The Morgan fingerprint density at radius 3 is 2.90 bits per heavy atom. The Morgan fingerprint density at radius 1 is 1.35 bits per heavy atom. The van der Waals surface area contributed by atoms with E-state index in [4.69, 9.17) is 0 Å². The zero-order valence-electron chi connectivity index (χ0n) is 12.2. The first-order valence-electron chi connectivity index (χ1n) is 7.52. The molecule has 1 aliphatic rings. The van der Waals surface area contributed by atoms with E-state index in [0.717, 1.165) is 37.1 Å². The number of aliphatic hydroxyl groups is 1. The number of fused-ring (bicyclic) bond motifs is 1. The molecule has 3 rings (SSSR count). The predicted molar refractivity (Wildman–Crippen MR) is 79.8 cm³/mol. The van der Waals surface area contributed by atoms with Gasteiger partial charge < -0.3 is 14.8 Å². The molecule has 0 aromatic carbocycles. The molecule has 1 fully saturated rings. The van der Waals surface area contributed by atoms with Gasteiger partial charge in [-0.25, -0.2) is 4.98 Å². The predicted octanol–water partition coefficient (Wildman–Crippen LogP) is 2.46. The molecule has 1 saturated carbocycles. The molecular formula is C16H23N3O. The van der Waals surface area contributed by atoms with Crippen LogP contribution in [-0.4, -0.2) is 26.6 Å². The molecule has 1 aliphatic carbocycles. The lowest BCUT2D eigenvalue weighted by atomic mass is 10.2. The quantitative estimate of drug-likeness (QED) is 0.899. The molecule has 4 nitrogen and oxygen atoms in total. The van der Waals surface area contributed by atoms with Gasteiger partial charge in [0.05, 0.1) is 11.8 Å². The van der Waals surface area contributed by atoms with Crippen molar-refractivity contribution in [2.45, 2.75) is 57.7 Å². The Kier molecular flexibility index (Phi) is 3.76. The van der Waals surface area contributed by atoms with Crippen molar-refractivity contribution in [3.8, 4) is 0 Å². The minimum Gasteiger partial charge on any atom is -0.392 e. The summed E-state index contributed by atoms with van der Waals surface area (Å²) in [6.07, 6.45) is 7.18. The smallest absolute Gasteiger partial charge is 0.137 e. The minimum atomic E-state index is -0.181. The van der Waals surface area contributed by atoms with E-state index in [0.29, 0.717) is 5.92 Å². The summed E-state index contributed by atoms with van der Waals surface area (Å²) in [4.78, 5) is 4.61. The molecule has 2 aromatic rings. The van der Waals surface area contributed by atoms with E-state index in [-0.39, 0.29) is 12.1 Å². The maximum Gasteiger partial charge on any atom is 0.137 e. The minimum absolute atomic E-state index is 0.181. The number of nitrogens with zero attached hydrogens (tertiary/aromatic N) is 2. The summed E-state index contributed by atoms with van der Waals surface area (Å²) in [5, 5.41) is 13.3. The third-order valence-corrected chi connectivity index (χ3v) is 4.17. The van der Waals surface area contributed by atoms with Crippen LogP contribution in [0.3, 0.4) is 0 Å². The summed E-state index contributed by atoms with van der Waals surface area (Å²) in [5.41, 5.74) is 3.35. The molecule has 0 spiro atoms. The summed E-state index contributed by atoms with van der Waals surface area (Å²) in [5.74, 6) is 0.449. The molecule has 0 aliphatic heterocycles. The van der Waals surface area contributed by atoms with Crippen LogP contribution < -0.4 is 5.32 Å². The van der Waals surface area contributed by atoms with Gasteiger partial charge in [0.2, 0.25) is 0 Å². The summed E-state index contributed by atoms with van der Waals surface area (Å²) >= 11 is 0. The molecule has 0 bridgehead atoms. The van der Waals surface area contributed by atoms with E-state index in [1.807, 2.05) is 0 Å². The molecular weight excluding hydrogens is 250 g/mol. The summed E-state index contributed by atoms with van der Waals surface area (Å²) in [6, 6.07) is 4.43. The van der Waals surface area contributed by atoms with Gasteiger partial charge in [-0.15, -0.1) is 0 Å². The van der Waals surface area contributed by atoms with Crippen LogP contribution >= 0.6 is 0 Å². The van der Waals surface area contributed by atoms with Crippen molar-refractivity contribution in [1.82, 2.24) is 14.7 Å². The SMILES string of the molecule is CC(C)c1cn2cc(CNC3CCCC3O)ccc2n1. The number of pyridine rings is 1. The lowest BCUT2D eigenvalue weighted by Gasteiger charge is -2.16. The monoisotopic (exact) mass is 273 g/mol. The number of aromatic nitrogens is 2. The Morgan fingerprint density at radius 2 is 2.20 bits per heavy atom. The third kappa shape index (κ3) is 2.72. The van der Waals surface area contributed by atoms with Crippen LogP contribution in [0.1, 0.15) is 50.3 Å². The van der Waals surface area contributed by atoms with Crippen molar-refractivity contribution in [3.05, 3.63) is 35.8 Å². The van der Waals surface area contributed by atoms with Crippen molar-refractivity contribution in [1.29, 1.82) is 0 Å². The fourth-order valence-electron chi connectivity index (χ4n) is 2.87. The second-order valence-corrected chi connectivity index (χ2v) is 6.11. The highest BCUT2D eigenvalue weighted by Crippen LogP contribution is 2.19. The van der Waals surface area contributed by atoms with Crippen molar-refractivity contribution in [2.24, 2.45) is 0 Å². The van der Waals surface area contributed by atoms with Gasteiger partial charge in [-0.2, -0.15) is 0 Å². The van der Waals surface area contributed by atoms with Crippen molar-refractivity contribution in [2.75, 3.05) is 0 Å². The Hall–Kier alpha value is -1.39. The van der Waals surface area contributed by atoms with E-state index in [1.165, 1.54) is 5.56 Å². The zero-order valence-corrected chi connectivity index (χ0v) is 12.2. The van der Waals surface area contributed by atoms with Gasteiger partial charge in [0.15, 0.2) is 0 Å². The Balaban J connectivity index is 1.72. The van der Waals surface area contributed by atoms with Crippen molar-refractivity contribution < 1.29 is 5.11 Å². The average Bonchev–Trinajstić information content (AvgIpc) is 3.01. The lowest BCUT2D eigenvalue weighted by molar-refractivity contribution is 0.148. The fourth-order valence-corrected chi connectivity index (χ4v) is 2.87. The molecule has 108 valence electrons. The standard InChI is InChI=1S/C16H23N3O/c1-11(2)14-10-19-9-12(6-7-16(19)18-14)8-17-13-4-3-5-15(13)20/h6-7,9-11,13,15,17,20H,3-5,8H2,1-2H3. The topological polar surface area (TPSA) is 49.6 Å². The maximum absolute atomic E-state index is 9.83. The molecule has 0 amide bonds. The number of rotatable bonds is 4. The molecule has 2 aromatic heterocycles. The first kappa shape index (κ1) is 13.6. The van der Waals surface area contributed by atoms with Crippen molar-refractivity contribution >= 4 is 5.65 Å². The van der Waals surface area contributed by atoms with E-state index >= 15 is 0 Å². The van der Waals surface area contributed by atoms with Gasteiger partial charge in [-0.1, -0.05) is 19.9 Å². The molecule has 20 heavy (non-hydrogen) atoms. The van der Waals surface area contributed by atoms with Crippen molar-refractivity contribution in [3.63, 3.8) is 0 Å². The Bertz CT molecular complexity index is 590. The molecule has 0 saturated heterocycles. The van der Waals surface area contributed by atoms with E-state index < -0.39 is 0 Å². The number of nitrogens with one attached hydrogen (secondary N) is 1. The Labute approximate surface area is 119 Å². The van der Waals surface area contributed by atoms with Crippen LogP contribution in [0.5, 0.6) is 0 Å². The second-order valence-electron chi connectivity index (χ2n) is 6.11. The zero-order chi connectivity index (χ0) is 14.1. The summed E-state index contributed by atoms with van der Waals surface area (Å²) < 4.78 is 2.09. The van der Waals surface area contributed by atoms with Gasteiger partial charge in [0, 0.05) is 25.0 Å². The van der Waals surface area contributed by atoms with Gasteiger partial charge >= 0.3 is 0 Å². The van der Waals surface area contributed by atoms with Crippen LogP contribution in [0.15, 0.2) is 24.5 Å². The van der Waals surface area contributed by atoms with Gasteiger partial charge in [-0.05, 0) is 36.8 Å². The largest absolute Gasteiger partial charge is 0.392 e. The second kappa shape index (κ2) is 5.54. The first-order valence-corrected chi connectivity index (χ1v) is 7.52.